The summed E-state index contributed by atoms with van der Waals surface area (Å²) in [6.07, 6.45) is -14.6. The molecule has 0 radical (unpaired) electrons. The number of phenolic OH excluding ortho intramolecular Hbond substituents is 2. The fraction of sp³-hybridized carbons (Fsp3) is 0.222. The van der Waals surface area contributed by atoms with Crippen LogP contribution >= 0.6 is 0 Å². The monoisotopic (exact) mass is 778 g/mol. The van der Waals surface area contributed by atoms with E-state index in [0.29, 0.717) is 30.3 Å². The lowest BCUT2D eigenvalue weighted by Crippen LogP contribution is -2.28. The van der Waals surface area contributed by atoms with Crippen LogP contribution in [0.2, 0.25) is 0 Å². The Morgan fingerprint density at radius 2 is 0.902 bits per heavy atom. The summed E-state index contributed by atoms with van der Waals surface area (Å²) in [7, 11) is -4.36. The van der Waals surface area contributed by atoms with E-state index in [1.54, 1.807) is 0 Å². The lowest BCUT2D eigenvalue weighted by molar-refractivity contribution is -0.139. The first-order valence-corrected chi connectivity index (χ1v) is 13.8. The Balaban J connectivity index is 0.000000396. The number of methoxy groups -OCH3 is 2. The van der Waals surface area contributed by atoms with Gasteiger partial charge >= 0.3 is 52.1 Å². The molecule has 24 heteroatoms. The highest BCUT2D eigenvalue weighted by molar-refractivity contribution is 7.88. The number of hydrogen-bond acceptors (Lipinski definition) is 10. The van der Waals surface area contributed by atoms with Crippen LogP contribution in [0.4, 0.5) is 52.7 Å². The van der Waals surface area contributed by atoms with Crippen LogP contribution in [0, 0.1) is 0 Å². The minimum Gasteiger partial charge on any atom is -0.508 e. The van der Waals surface area contributed by atoms with E-state index in [2.05, 4.69) is 13.7 Å². The van der Waals surface area contributed by atoms with Gasteiger partial charge in [0.25, 0.3) is 0 Å². The van der Waals surface area contributed by atoms with E-state index < -0.39 is 103 Å². The van der Waals surface area contributed by atoms with Crippen molar-refractivity contribution < 1.29 is 104 Å². The van der Waals surface area contributed by atoms with Crippen LogP contribution in [0.3, 0.4) is 0 Å². The van der Waals surface area contributed by atoms with Gasteiger partial charge in [0.05, 0.1) is 47.6 Å². The number of halogens is 12. The molecule has 11 nitrogen and oxygen atoms in total. The topological polar surface area (TPSA) is 174 Å². The third kappa shape index (κ3) is 12.1. The molecule has 0 aromatic heterocycles. The van der Waals surface area contributed by atoms with E-state index in [1.165, 1.54) is 0 Å². The summed E-state index contributed by atoms with van der Waals surface area (Å²) in [4.78, 5) is 32.6. The number of aromatic hydroxyl groups is 2. The number of alkyl halides is 12. The van der Waals surface area contributed by atoms with Gasteiger partial charge in [0.1, 0.15) is 17.2 Å². The molecular formula is C27H18F12O11S. The highest BCUT2D eigenvalue weighted by Crippen LogP contribution is 2.37. The quantitative estimate of drug-likeness (QED) is 0.105. The van der Waals surface area contributed by atoms with Gasteiger partial charge in [-0.05, 0) is 54.6 Å². The van der Waals surface area contributed by atoms with Crippen molar-refractivity contribution in [3.63, 3.8) is 0 Å². The standard InChI is InChI=1S/C10H6F6O5S.C9H7F3O3.C8H5F3O3/c1-20-8(17)6-3-2-5(4-7(6)9(11,12)13)21-22(18,19)10(14,15)16;1-15-8(14)6-3-2-5(13)4-7(6)9(10,11)12;9-8(10,11)6-3-4(12)1-2-5(6)7(13)14/h2-4H,1H3;2-4,13H,1H3;1-3,12H,(H,13,14). The molecule has 51 heavy (non-hydrogen) atoms. The molecule has 3 aromatic rings. The lowest BCUT2D eigenvalue weighted by atomic mass is 10.1. The molecule has 0 fully saturated rings. The van der Waals surface area contributed by atoms with Gasteiger partial charge in [-0.2, -0.15) is 61.1 Å². The number of aromatic carboxylic acids is 1. The predicted molar refractivity (Wildman–Crippen MR) is 143 cm³/mol. The van der Waals surface area contributed by atoms with Gasteiger partial charge in [0.15, 0.2) is 0 Å². The van der Waals surface area contributed by atoms with Crippen LogP contribution in [0.5, 0.6) is 17.2 Å². The van der Waals surface area contributed by atoms with Crippen molar-refractivity contribution >= 4 is 28.0 Å². The Bertz CT molecular complexity index is 1850. The minimum atomic E-state index is -6.14. The molecule has 0 saturated heterocycles. The third-order valence-corrected chi connectivity index (χ3v) is 6.42. The van der Waals surface area contributed by atoms with Crippen molar-refractivity contribution in [1.29, 1.82) is 0 Å². The summed E-state index contributed by atoms with van der Waals surface area (Å²) in [5.74, 6) is -6.62. The first-order valence-electron chi connectivity index (χ1n) is 12.4. The zero-order valence-electron chi connectivity index (χ0n) is 24.7. The van der Waals surface area contributed by atoms with Crippen molar-refractivity contribution in [1.82, 2.24) is 0 Å². The van der Waals surface area contributed by atoms with Gasteiger partial charge in [-0.25, -0.2) is 14.4 Å². The first kappa shape index (κ1) is 43.6. The largest absolute Gasteiger partial charge is 0.534 e. The molecule has 0 aliphatic carbocycles. The number of rotatable bonds is 5. The zero-order chi connectivity index (χ0) is 39.9. The first-order chi connectivity index (χ1) is 23.0. The van der Waals surface area contributed by atoms with Crippen LogP contribution in [0.1, 0.15) is 47.8 Å². The molecule has 0 heterocycles. The molecule has 3 N–H and O–H groups in total. The van der Waals surface area contributed by atoms with Crippen LogP contribution in [0.25, 0.3) is 0 Å². The van der Waals surface area contributed by atoms with E-state index in [1.807, 2.05) is 0 Å². The fourth-order valence-electron chi connectivity index (χ4n) is 3.28. The van der Waals surface area contributed by atoms with E-state index in [4.69, 9.17) is 15.3 Å². The number of phenols is 2. The van der Waals surface area contributed by atoms with Crippen molar-refractivity contribution in [2.24, 2.45) is 0 Å². The van der Waals surface area contributed by atoms with Gasteiger partial charge in [-0.1, -0.05) is 0 Å². The molecule has 0 spiro atoms. The minimum absolute atomic E-state index is 0.0461. The molecule has 0 amide bonds. The second-order valence-corrected chi connectivity index (χ2v) is 10.5. The molecule has 0 aliphatic heterocycles. The summed E-state index contributed by atoms with van der Waals surface area (Å²) in [6, 6.07) is 5.16. The van der Waals surface area contributed by atoms with Gasteiger partial charge in [-0.3, -0.25) is 0 Å². The van der Waals surface area contributed by atoms with Crippen molar-refractivity contribution in [2.45, 2.75) is 24.0 Å². The SMILES string of the molecule is COC(=O)c1ccc(O)cc1C(F)(F)F.COC(=O)c1ccc(OS(=O)(=O)C(F)(F)F)cc1C(F)(F)F.O=C(O)c1ccc(O)cc1C(F)(F)F. The van der Waals surface area contributed by atoms with Crippen molar-refractivity contribution in [2.75, 3.05) is 14.2 Å². The van der Waals surface area contributed by atoms with E-state index >= 15 is 0 Å². The van der Waals surface area contributed by atoms with Crippen molar-refractivity contribution in [3.8, 4) is 17.2 Å². The maximum atomic E-state index is 12.8. The number of carboxylic acids is 1. The second kappa shape index (κ2) is 16.1. The van der Waals surface area contributed by atoms with Crippen molar-refractivity contribution in [3.05, 3.63) is 88.0 Å². The number of carbonyl (C=O) groups excluding carboxylic acids is 2. The molecule has 0 bridgehead atoms. The number of hydrogen-bond donors (Lipinski definition) is 3. The maximum Gasteiger partial charge on any atom is 0.534 e. The summed E-state index contributed by atoms with van der Waals surface area (Å²) in [5.41, 5.74) is -12.6. The smallest absolute Gasteiger partial charge is 0.508 e. The van der Waals surface area contributed by atoms with Gasteiger partial charge in [0, 0.05) is 0 Å². The average molecular weight is 778 g/mol. The summed E-state index contributed by atoms with van der Waals surface area (Å²) >= 11 is 0. The predicted octanol–water partition coefficient (Wildman–Crippen LogP) is 7.03. The summed E-state index contributed by atoms with van der Waals surface area (Å²) in [5, 5.41) is 26.1. The molecule has 0 aliphatic rings. The Morgan fingerprint density at radius 1 is 0.569 bits per heavy atom. The van der Waals surface area contributed by atoms with Gasteiger partial charge < -0.3 is 29.0 Å². The normalized spacial score (nSPS) is 12.0. The van der Waals surface area contributed by atoms with Gasteiger partial charge in [-0.15, -0.1) is 0 Å². The molecule has 3 rings (SSSR count). The number of ether oxygens (including phenoxy) is 2. The lowest BCUT2D eigenvalue weighted by Gasteiger charge is -2.14. The Morgan fingerprint density at radius 3 is 1.24 bits per heavy atom. The zero-order valence-corrected chi connectivity index (χ0v) is 25.6. The van der Waals surface area contributed by atoms with E-state index in [9.17, 15) is 75.5 Å². The fourth-order valence-corrected chi connectivity index (χ4v) is 3.73. The van der Waals surface area contributed by atoms with Crippen LogP contribution in [0.15, 0.2) is 54.6 Å². The number of carboxylic acid groups (broad SMARTS) is 1. The number of benzene rings is 3. The molecular weight excluding hydrogens is 760 g/mol. The molecule has 0 saturated carbocycles. The van der Waals surface area contributed by atoms with Gasteiger partial charge in [0.2, 0.25) is 0 Å². The van der Waals surface area contributed by atoms with Crippen LogP contribution in [-0.4, -0.2) is 61.4 Å². The number of carbonyl (C=O) groups is 3. The average Bonchev–Trinajstić information content (AvgIpc) is 2.98. The highest BCUT2D eigenvalue weighted by atomic mass is 32.2. The second-order valence-electron chi connectivity index (χ2n) is 8.93. The summed E-state index contributed by atoms with van der Waals surface area (Å²) in [6.45, 7) is 0. The maximum absolute atomic E-state index is 12.8. The highest BCUT2D eigenvalue weighted by Gasteiger charge is 2.49. The Hall–Kier alpha value is -5.42. The van der Waals surface area contributed by atoms with Crippen LogP contribution in [-0.2, 0) is 38.1 Å². The Labute approximate surface area is 276 Å². The molecule has 3 aromatic carbocycles. The summed E-state index contributed by atoms with van der Waals surface area (Å²) < 4.78 is 182. The molecule has 282 valence electrons. The van der Waals surface area contributed by atoms with E-state index in [0.717, 1.165) is 32.4 Å². The third-order valence-electron chi connectivity index (χ3n) is 5.44. The Kier molecular flexibility index (Phi) is 13.7. The number of esters is 2. The van der Waals surface area contributed by atoms with Crippen LogP contribution < -0.4 is 4.18 Å². The molecule has 0 atom stereocenters. The van der Waals surface area contributed by atoms with E-state index in [-0.39, 0.29) is 6.07 Å². The molecule has 0 unspecified atom stereocenters.